The van der Waals surface area contributed by atoms with Crippen molar-refractivity contribution in [2.45, 2.75) is 45.4 Å². The number of para-hydroxylation sites is 3. The molecule has 384 valence electrons. The van der Waals surface area contributed by atoms with Crippen molar-refractivity contribution in [3.8, 4) is 23.0 Å². The Kier molecular flexibility index (Phi) is 20.0. The quantitative estimate of drug-likeness (QED) is 0.132. The van der Waals surface area contributed by atoms with Crippen molar-refractivity contribution in [1.82, 2.24) is 19.9 Å². The zero-order chi connectivity index (χ0) is 53.6. The molecule has 0 aliphatic rings. The summed E-state index contributed by atoms with van der Waals surface area (Å²) in [6, 6.07) is 60.6. The highest BCUT2D eigenvalue weighted by Crippen LogP contribution is 2.37. The molecule has 0 saturated carbocycles. The Morgan fingerprint density at radius 1 is 0.382 bits per heavy atom. The minimum atomic E-state index is 0.184. The smallest absolute Gasteiger partial charge is 0.156 e. The van der Waals surface area contributed by atoms with Gasteiger partial charge in [0.1, 0.15) is 39.3 Å². The third-order valence-electron chi connectivity index (χ3n) is 12.4. The number of phenols is 2. The Morgan fingerprint density at radius 2 is 0.776 bits per heavy atom. The lowest BCUT2D eigenvalue weighted by molar-refractivity contribution is 0.418. The van der Waals surface area contributed by atoms with Crippen LogP contribution < -0.4 is 9.47 Å². The Bertz CT molecular complexity index is 3730. The molecule has 76 heavy (non-hydrogen) atoms. The molecule has 0 atom stereocenters. The van der Waals surface area contributed by atoms with Crippen LogP contribution in [0.5, 0.6) is 23.0 Å². The molecule has 4 aromatic heterocycles. The molecule has 7 aromatic carbocycles. The SMILES string of the molecule is COc1cccc2ccc(C)nc12.COc1cccc2ccc(CCc3ccc(Br)cc3)nc12.Oc1c(Br)cc(Br)c2ccc(CCc3ccc(Br)cc3)nc12.Oc1cccc2ccc(CCc3ccc(Br)cc3)nc12. The third-order valence-corrected chi connectivity index (χ3v) is 15.3. The minimum Gasteiger partial charge on any atom is -0.506 e. The number of pyridine rings is 4. The standard InChI is InChI=1S/C18H16BrNO.C17H12Br3NO.C17H14BrNO.C11H11NO/c1-21-17-4-2-3-14-8-12-16(20-18(14)17)11-7-13-5-9-15(19)10-6-13;18-11-4-1-10(2-5-11)3-6-12-7-8-13-14(19)9-15(20)17(22)16(13)21-12;18-14-8-4-12(5-9-14)6-10-15-11-7-13-2-1-3-16(20)17(13)19-15;1-8-6-7-9-4-3-5-10(13-2)11(9)12-8/h2-6,8-10,12H,7,11H2,1H3;1-2,4-5,7-9,22H,3,6H2;1-5,7-9,11,20H,6,10H2;3-7H,1-2H3. The van der Waals surface area contributed by atoms with Crippen LogP contribution in [0.25, 0.3) is 43.6 Å². The average molecular weight is 1330 g/mol. The molecule has 0 fully saturated rings. The van der Waals surface area contributed by atoms with Crippen LogP contribution in [-0.2, 0) is 38.5 Å². The number of methoxy groups -OCH3 is 2. The molecular weight excluding hydrogens is 1280 g/mol. The summed E-state index contributed by atoms with van der Waals surface area (Å²) in [5.41, 5.74) is 11.1. The van der Waals surface area contributed by atoms with Gasteiger partial charge < -0.3 is 19.7 Å². The van der Waals surface area contributed by atoms with E-state index in [2.05, 4.69) is 180 Å². The largest absolute Gasteiger partial charge is 0.506 e. The zero-order valence-corrected chi connectivity index (χ0v) is 49.9. The number of aryl methyl sites for hydroxylation is 7. The highest BCUT2D eigenvalue weighted by Gasteiger charge is 2.12. The van der Waals surface area contributed by atoms with E-state index in [0.717, 1.165) is 123 Å². The molecule has 11 aromatic rings. The maximum absolute atomic E-state index is 10.2. The van der Waals surface area contributed by atoms with Gasteiger partial charge in [0.05, 0.1) is 18.7 Å². The summed E-state index contributed by atoms with van der Waals surface area (Å²) in [7, 11) is 3.35. The number of fused-ring (bicyclic) bond motifs is 4. The highest BCUT2D eigenvalue weighted by atomic mass is 79.9. The third kappa shape index (κ3) is 15.3. The number of phenolic OH excluding ortho intramolecular Hbond substituents is 2. The van der Waals surface area contributed by atoms with Crippen LogP contribution in [-0.4, -0.2) is 44.4 Å². The van der Waals surface area contributed by atoms with Crippen LogP contribution in [0.4, 0.5) is 0 Å². The second kappa shape index (κ2) is 27.2. The number of nitrogens with zero attached hydrogens (tertiary/aromatic N) is 4. The van der Waals surface area contributed by atoms with Gasteiger partial charge in [0, 0.05) is 62.2 Å². The summed E-state index contributed by atoms with van der Waals surface area (Å²) in [6.07, 6.45) is 5.48. The number of hydrogen-bond donors (Lipinski definition) is 2. The molecule has 0 aliphatic heterocycles. The van der Waals surface area contributed by atoms with Crippen LogP contribution in [0.3, 0.4) is 0 Å². The van der Waals surface area contributed by atoms with E-state index in [9.17, 15) is 10.2 Å². The van der Waals surface area contributed by atoms with E-state index in [1.165, 1.54) is 16.7 Å². The van der Waals surface area contributed by atoms with E-state index >= 15 is 0 Å². The fourth-order valence-electron chi connectivity index (χ4n) is 8.31. The first kappa shape index (κ1) is 56.0. The predicted molar refractivity (Wildman–Crippen MR) is 328 cm³/mol. The number of hydrogen-bond acceptors (Lipinski definition) is 8. The van der Waals surface area contributed by atoms with Gasteiger partial charge in [-0.2, -0.15) is 0 Å². The zero-order valence-electron chi connectivity index (χ0n) is 42.0. The van der Waals surface area contributed by atoms with Crippen molar-refractivity contribution in [3.05, 3.63) is 244 Å². The van der Waals surface area contributed by atoms with Gasteiger partial charge in [-0.25, -0.2) is 19.9 Å². The highest BCUT2D eigenvalue weighted by molar-refractivity contribution is 9.11. The molecule has 2 N–H and O–H groups in total. The molecule has 0 bridgehead atoms. The summed E-state index contributed by atoms with van der Waals surface area (Å²) in [5.74, 6) is 2.09. The molecule has 0 unspecified atom stereocenters. The molecule has 0 amide bonds. The van der Waals surface area contributed by atoms with Gasteiger partial charge in [-0.15, -0.1) is 0 Å². The van der Waals surface area contributed by atoms with Crippen molar-refractivity contribution in [2.75, 3.05) is 14.2 Å². The van der Waals surface area contributed by atoms with E-state index in [1.54, 1.807) is 20.3 Å². The van der Waals surface area contributed by atoms with Crippen molar-refractivity contribution in [1.29, 1.82) is 0 Å². The van der Waals surface area contributed by atoms with E-state index in [-0.39, 0.29) is 11.5 Å². The van der Waals surface area contributed by atoms with Gasteiger partial charge in [-0.05, 0) is 169 Å². The van der Waals surface area contributed by atoms with Crippen LogP contribution in [0.15, 0.2) is 204 Å². The maximum Gasteiger partial charge on any atom is 0.156 e. The van der Waals surface area contributed by atoms with Crippen LogP contribution in [0, 0.1) is 6.92 Å². The van der Waals surface area contributed by atoms with E-state index < -0.39 is 0 Å². The molecule has 8 nitrogen and oxygen atoms in total. The topological polar surface area (TPSA) is 110 Å². The van der Waals surface area contributed by atoms with Crippen molar-refractivity contribution < 1.29 is 19.7 Å². The molecule has 0 radical (unpaired) electrons. The number of benzene rings is 7. The van der Waals surface area contributed by atoms with Crippen molar-refractivity contribution >= 4 is 123 Å². The maximum atomic E-state index is 10.2. The predicted octanol–water partition coefficient (Wildman–Crippen LogP) is 17.8. The lowest BCUT2D eigenvalue weighted by Gasteiger charge is -2.08. The lowest BCUT2D eigenvalue weighted by Crippen LogP contribution is -1.96. The molecular formula is C63H53Br5N4O4. The number of aromatic nitrogens is 4. The Morgan fingerprint density at radius 3 is 1.25 bits per heavy atom. The molecule has 0 spiro atoms. The van der Waals surface area contributed by atoms with Gasteiger partial charge in [-0.3, -0.25) is 0 Å². The van der Waals surface area contributed by atoms with E-state index in [0.29, 0.717) is 15.5 Å². The summed E-state index contributed by atoms with van der Waals surface area (Å²) in [4.78, 5) is 18.3. The van der Waals surface area contributed by atoms with Crippen molar-refractivity contribution in [2.24, 2.45) is 0 Å². The monoisotopic (exact) mass is 1320 g/mol. The average Bonchev–Trinajstić information content (AvgIpc) is 3.45. The number of rotatable bonds is 11. The Balaban J connectivity index is 0.000000136. The lowest BCUT2D eigenvalue weighted by atomic mass is 10.1. The fourth-order valence-corrected chi connectivity index (χ4v) is 10.4. The molecule has 13 heteroatoms. The Labute approximate surface area is 485 Å². The number of halogens is 5. The minimum absolute atomic E-state index is 0.184. The second-order valence-corrected chi connectivity index (χ2v) is 22.2. The van der Waals surface area contributed by atoms with Gasteiger partial charge >= 0.3 is 0 Å². The molecule has 4 heterocycles. The Hall–Kier alpha value is -6.22. The number of aromatic hydroxyl groups is 2. The molecule has 0 aliphatic carbocycles. The van der Waals surface area contributed by atoms with Gasteiger partial charge in [-0.1, -0.05) is 155 Å². The first-order valence-electron chi connectivity index (χ1n) is 24.4. The van der Waals surface area contributed by atoms with Crippen LogP contribution >= 0.6 is 79.6 Å². The summed E-state index contributed by atoms with van der Waals surface area (Å²) < 4.78 is 15.5. The fraction of sp³-hybridized carbons (Fsp3) is 0.143. The van der Waals surface area contributed by atoms with E-state index in [4.69, 9.17) is 14.5 Å². The van der Waals surface area contributed by atoms with Crippen LogP contribution in [0.2, 0.25) is 0 Å². The van der Waals surface area contributed by atoms with Gasteiger partial charge in [0.15, 0.2) is 5.75 Å². The first-order chi connectivity index (χ1) is 36.8. The number of ether oxygens (including phenoxy) is 2. The van der Waals surface area contributed by atoms with Gasteiger partial charge in [0.25, 0.3) is 0 Å². The van der Waals surface area contributed by atoms with Gasteiger partial charge in [0.2, 0.25) is 0 Å². The molecule has 0 saturated heterocycles. The summed E-state index contributed by atoms with van der Waals surface area (Å²) in [6.45, 7) is 1.98. The van der Waals surface area contributed by atoms with Crippen LogP contribution in [0.1, 0.15) is 39.5 Å². The normalized spacial score (nSPS) is 10.8. The van der Waals surface area contributed by atoms with E-state index in [1.807, 2.05) is 97.9 Å². The van der Waals surface area contributed by atoms with Crippen molar-refractivity contribution in [3.63, 3.8) is 0 Å². The summed E-state index contributed by atoms with van der Waals surface area (Å²) >= 11 is 17.2. The first-order valence-corrected chi connectivity index (χ1v) is 28.4. The molecule has 11 rings (SSSR count). The second-order valence-electron chi connectivity index (χ2n) is 17.7. The summed E-state index contributed by atoms with van der Waals surface area (Å²) in [5, 5.41) is 24.1.